The van der Waals surface area contributed by atoms with E-state index in [1.54, 1.807) is 17.5 Å². The summed E-state index contributed by atoms with van der Waals surface area (Å²) < 4.78 is 0. The molecule has 3 N–H and O–H groups in total. The van der Waals surface area contributed by atoms with Gasteiger partial charge in [-0.2, -0.15) is 0 Å². The fourth-order valence-electron chi connectivity index (χ4n) is 1.96. The Bertz CT molecular complexity index is 842. The Kier molecular flexibility index (Phi) is 3.37. The smallest absolute Gasteiger partial charge is 0.274 e. The first-order chi connectivity index (χ1) is 10.1. The summed E-state index contributed by atoms with van der Waals surface area (Å²) in [6.45, 7) is 0. The Morgan fingerprint density at radius 2 is 1.90 bits per heavy atom. The summed E-state index contributed by atoms with van der Waals surface area (Å²) in [7, 11) is 0. The maximum absolute atomic E-state index is 12.2. The number of nitrogens with one attached hydrogen (secondary N) is 1. The molecule has 0 radical (unpaired) electrons. The van der Waals surface area contributed by atoms with Gasteiger partial charge in [0.1, 0.15) is 10.7 Å². The van der Waals surface area contributed by atoms with Crippen LogP contribution in [-0.2, 0) is 0 Å². The minimum Gasteiger partial charge on any atom is -0.366 e. The van der Waals surface area contributed by atoms with Gasteiger partial charge in [0.15, 0.2) is 0 Å². The van der Waals surface area contributed by atoms with Crippen LogP contribution in [0.2, 0.25) is 0 Å². The number of fused-ring (bicyclic) bond motifs is 1. The number of carbonyl (C=O) groups is 2. The number of pyridine rings is 1. The molecule has 3 aromatic rings. The molecule has 0 atom stereocenters. The first-order valence-electron chi connectivity index (χ1n) is 6.19. The number of amides is 2. The van der Waals surface area contributed by atoms with E-state index in [1.165, 1.54) is 11.3 Å². The largest absolute Gasteiger partial charge is 0.366 e. The van der Waals surface area contributed by atoms with E-state index in [1.807, 2.05) is 30.3 Å². The van der Waals surface area contributed by atoms with Crippen molar-refractivity contribution in [1.82, 2.24) is 4.98 Å². The predicted molar refractivity (Wildman–Crippen MR) is 82.5 cm³/mol. The highest BCUT2D eigenvalue weighted by molar-refractivity contribution is 7.14. The van der Waals surface area contributed by atoms with Gasteiger partial charge in [0.05, 0.1) is 11.1 Å². The molecule has 6 heteroatoms. The molecule has 0 fully saturated rings. The first-order valence-corrected chi connectivity index (χ1v) is 7.07. The minimum atomic E-state index is -0.571. The Morgan fingerprint density at radius 3 is 2.71 bits per heavy atom. The number of thiophene rings is 1. The molecule has 0 aliphatic rings. The summed E-state index contributed by atoms with van der Waals surface area (Å²) in [4.78, 5) is 27.8. The number of para-hydroxylation sites is 1. The van der Waals surface area contributed by atoms with E-state index in [0.717, 1.165) is 10.9 Å². The molecule has 0 spiro atoms. The average molecular weight is 297 g/mol. The fraction of sp³-hybridized carbons (Fsp3) is 0. The number of primary amides is 1. The highest BCUT2D eigenvalue weighted by Crippen LogP contribution is 2.23. The molecule has 0 saturated heterocycles. The molecule has 21 heavy (non-hydrogen) atoms. The van der Waals surface area contributed by atoms with E-state index in [-0.39, 0.29) is 11.6 Å². The third kappa shape index (κ3) is 2.61. The van der Waals surface area contributed by atoms with Crippen LogP contribution in [-0.4, -0.2) is 16.8 Å². The van der Waals surface area contributed by atoms with Crippen LogP contribution < -0.4 is 11.1 Å². The lowest BCUT2D eigenvalue weighted by Gasteiger charge is -2.05. The summed E-state index contributed by atoms with van der Waals surface area (Å²) >= 11 is 1.24. The summed E-state index contributed by atoms with van der Waals surface area (Å²) in [6, 6.07) is 12.6. The average Bonchev–Trinajstić information content (AvgIpc) is 2.95. The quantitative estimate of drug-likeness (QED) is 0.779. The second-order valence-electron chi connectivity index (χ2n) is 4.37. The van der Waals surface area contributed by atoms with Gasteiger partial charge in [-0.15, -0.1) is 11.3 Å². The second kappa shape index (κ2) is 5.34. The van der Waals surface area contributed by atoms with Crippen LogP contribution in [0.1, 0.15) is 20.8 Å². The molecule has 0 unspecified atom stereocenters. The topological polar surface area (TPSA) is 85.1 Å². The van der Waals surface area contributed by atoms with E-state index in [9.17, 15) is 9.59 Å². The van der Waals surface area contributed by atoms with Gasteiger partial charge in [-0.05, 0) is 23.6 Å². The van der Waals surface area contributed by atoms with E-state index in [0.29, 0.717) is 10.6 Å². The van der Waals surface area contributed by atoms with Crippen molar-refractivity contribution in [2.45, 2.75) is 0 Å². The number of nitrogens with two attached hydrogens (primary N) is 1. The van der Waals surface area contributed by atoms with Crippen molar-refractivity contribution in [3.8, 4) is 0 Å². The number of anilines is 1. The summed E-state index contributed by atoms with van der Waals surface area (Å²) in [5.41, 5.74) is 6.58. The monoisotopic (exact) mass is 297 g/mol. The van der Waals surface area contributed by atoms with Crippen LogP contribution in [0.15, 0.2) is 47.8 Å². The molecular formula is C15H11N3O2S. The van der Waals surface area contributed by atoms with Gasteiger partial charge in [-0.3, -0.25) is 9.59 Å². The zero-order valence-electron chi connectivity index (χ0n) is 10.9. The number of benzene rings is 1. The van der Waals surface area contributed by atoms with Crippen molar-refractivity contribution in [3.63, 3.8) is 0 Å². The Balaban J connectivity index is 1.90. The number of hydrogen-bond donors (Lipinski definition) is 2. The standard InChI is InChI=1S/C15H11N3O2S/c16-13(19)10-7-8-21-15(10)18-14(20)12-6-5-9-3-1-2-4-11(9)17-12/h1-8H,(H2,16,19)(H,18,20). The van der Waals surface area contributed by atoms with E-state index >= 15 is 0 Å². The lowest BCUT2D eigenvalue weighted by atomic mass is 10.2. The van der Waals surface area contributed by atoms with E-state index in [4.69, 9.17) is 5.73 Å². The molecule has 2 amide bonds. The van der Waals surface area contributed by atoms with Crippen molar-refractivity contribution < 1.29 is 9.59 Å². The highest BCUT2D eigenvalue weighted by Gasteiger charge is 2.14. The van der Waals surface area contributed by atoms with Crippen LogP contribution in [0, 0.1) is 0 Å². The summed E-state index contributed by atoms with van der Waals surface area (Å²) in [6.07, 6.45) is 0. The Morgan fingerprint density at radius 1 is 1.10 bits per heavy atom. The van der Waals surface area contributed by atoms with Gasteiger partial charge in [-0.1, -0.05) is 24.3 Å². The molecule has 0 bridgehead atoms. The highest BCUT2D eigenvalue weighted by atomic mass is 32.1. The predicted octanol–water partition coefficient (Wildman–Crippen LogP) is 2.65. The molecule has 0 aliphatic heterocycles. The van der Waals surface area contributed by atoms with E-state index < -0.39 is 5.91 Å². The van der Waals surface area contributed by atoms with Crippen LogP contribution in [0.3, 0.4) is 0 Å². The molecule has 5 nitrogen and oxygen atoms in total. The van der Waals surface area contributed by atoms with Gasteiger partial charge in [0.25, 0.3) is 11.8 Å². The SMILES string of the molecule is NC(=O)c1ccsc1NC(=O)c1ccc2ccccc2n1. The number of hydrogen-bond acceptors (Lipinski definition) is 4. The molecule has 0 saturated carbocycles. The van der Waals surface area contributed by atoms with Crippen LogP contribution >= 0.6 is 11.3 Å². The Hall–Kier alpha value is -2.73. The van der Waals surface area contributed by atoms with Gasteiger partial charge in [-0.25, -0.2) is 4.98 Å². The molecule has 2 heterocycles. The van der Waals surface area contributed by atoms with E-state index in [2.05, 4.69) is 10.3 Å². The zero-order valence-corrected chi connectivity index (χ0v) is 11.7. The summed E-state index contributed by atoms with van der Waals surface area (Å²) in [5.74, 6) is -0.941. The van der Waals surface area contributed by atoms with Gasteiger partial charge >= 0.3 is 0 Å². The lowest BCUT2D eigenvalue weighted by Crippen LogP contribution is -2.17. The number of carbonyl (C=O) groups excluding carboxylic acids is 2. The molecule has 1 aromatic carbocycles. The molecule has 2 aromatic heterocycles. The van der Waals surface area contributed by atoms with Gasteiger partial charge < -0.3 is 11.1 Å². The lowest BCUT2D eigenvalue weighted by molar-refractivity contribution is 0.100. The van der Waals surface area contributed by atoms with Gasteiger partial charge in [0, 0.05) is 5.39 Å². The maximum Gasteiger partial charge on any atom is 0.274 e. The molecular weight excluding hydrogens is 286 g/mol. The maximum atomic E-state index is 12.2. The Labute approximate surface area is 124 Å². The first kappa shape index (κ1) is 13.3. The minimum absolute atomic E-state index is 0.289. The third-order valence-corrected chi connectivity index (χ3v) is 3.82. The van der Waals surface area contributed by atoms with Crippen molar-refractivity contribution >= 4 is 39.1 Å². The molecule has 0 aliphatic carbocycles. The van der Waals surface area contributed by atoms with Crippen molar-refractivity contribution in [2.24, 2.45) is 5.73 Å². The van der Waals surface area contributed by atoms with Crippen molar-refractivity contribution in [2.75, 3.05) is 5.32 Å². The fourth-order valence-corrected chi connectivity index (χ4v) is 2.75. The van der Waals surface area contributed by atoms with Gasteiger partial charge in [0.2, 0.25) is 0 Å². The number of rotatable bonds is 3. The van der Waals surface area contributed by atoms with Crippen LogP contribution in [0.5, 0.6) is 0 Å². The number of nitrogens with zero attached hydrogens (tertiary/aromatic N) is 1. The van der Waals surface area contributed by atoms with Crippen LogP contribution in [0.4, 0.5) is 5.00 Å². The second-order valence-corrected chi connectivity index (χ2v) is 5.29. The van der Waals surface area contributed by atoms with Crippen LogP contribution in [0.25, 0.3) is 10.9 Å². The molecule has 3 rings (SSSR count). The van der Waals surface area contributed by atoms with Crippen molar-refractivity contribution in [1.29, 1.82) is 0 Å². The third-order valence-electron chi connectivity index (χ3n) is 2.99. The zero-order chi connectivity index (χ0) is 14.8. The van der Waals surface area contributed by atoms with Crippen molar-refractivity contribution in [3.05, 3.63) is 59.1 Å². The normalized spacial score (nSPS) is 10.5. The number of aromatic nitrogens is 1. The summed E-state index contributed by atoms with van der Waals surface area (Å²) in [5, 5.41) is 5.76. The molecule has 104 valence electrons.